The fourth-order valence-electron chi connectivity index (χ4n) is 2.60. The van der Waals surface area contributed by atoms with Gasteiger partial charge in [0.05, 0.1) is 29.4 Å². The number of ether oxygens (including phenoxy) is 1. The van der Waals surface area contributed by atoms with Crippen LogP contribution in [0, 0.1) is 0 Å². The number of aliphatic imine (C=N–C) groups is 1. The van der Waals surface area contributed by atoms with E-state index < -0.39 is 0 Å². The first-order chi connectivity index (χ1) is 12.7. The molecule has 1 unspecified atom stereocenters. The fourth-order valence-corrected chi connectivity index (χ4v) is 2.82. The lowest BCUT2D eigenvalue weighted by Crippen LogP contribution is -2.13. The molecule has 0 aromatic heterocycles. The van der Waals surface area contributed by atoms with Crippen molar-refractivity contribution in [2.24, 2.45) is 4.99 Å². The standard InChI is InChI=1S/C21H19ClN2O2/c1-26-20-14-15(9-11-16-6-4-5-13-23-16)10-12-19(20)24-21(25)17-7-2-3-8-18(17)22/h2-5,7-14,16H,6H2,1H3,(H,24,25). The lowest BCUT2D eigenvalue weighted by Gasteiger charge is -2.12. The van der Waals surface area contributed by atoms with Gasteiger partial charge in [0.2, 0.25) is 0 Å². The number of hydrogen-bond acceptors (Lipinski definition) is 3. The Morgan fingerprint density at radius 1 is 1.31 bits per heavy atom. The minimum atomic E-state index is -0.277. The van der Waals surface area contributed by atoms with Crippen LogP contribution in [0.15, 0.2) is 65.7 Å². The SMILES string of the molecule is COc1cc(C=CC2CC=CC=N2)ccc1NC(=O)c1ccccc1Cl. The Kier molecular flexibility index (Phi) is 5.87. The monoisotopic (exact) mass is 366 g/mol. The summed E-state index contributed by atoms with van der Waals surface area (Å²) < 4.78 is 5.42. The molecule has 26 heavy (non-hydrogen) atoms. The molecule has 0 fully saturated rings. The molecule has 0 aliphatic carbocycles. The van der Waals surface area contributed by atoms with Crippen molar-refractivity contribution in [3.05, 3.63) is 76.8 Å². The lowest BCUT2D eigenvalue weighted by atomic mass is 10.1. The van der Waals surface area contributed by atoms with Gasteiger partial charge in [-0.05, 0) is 42.3 Å². The molecule has 4 nitrogen and oxygen atoms in total. The summed E-state index contributed by atoms with van der Waals surface area (Å²) in [6.45, 7) is 0. The topological polar surface area (TPSA) is 50.7 Å². The molecular formula is C21H19ClN2O2. The molecule has 1 N–H and O–H groups in total. The first kappa shape index (κ1) is 18.0. The fraction of sp³-hybridized carbons (Fsp3) is 0.143. The van der Waals surface area contributed by atoms with Gasteiger partial charge in [-0.2, -0.15) is 0 Å². The Bertz CT molecular complexity index is 887. The highest BCUT2D eigenvalue weighted by molar-refractivity contribution is 6.34. The van der Waals surface area contributed by atoms with E-state index in [-0.39, 0.29) is 11.9 Å². The second-order valence-electron chi connectivity index (χ2n) is 5.78. The highest BCUT2D eigenvalue weighted by atomic mass is 35.5. The summed E-state index contributed by atoms with van der Waals surface area (Å²) in [5, 5.41) is 3.25. The quantitative estimate of drug-likeness (QED) is 0.808. The van der Waals surface area contributed by atoms with Crippen molar-refractivity contribution in [3.63, 3.8) is 0 Å². The molecule has 1 aliphatic rings. The van der Waals surface area contributed by atoms with E-state index in [4.69, 9.17) is 16.3 Å². The number of anilines is 1. The van der Waals surface area contributed by atoms with E-state index in [2.05, 4.69) is 22.5 Å². The van der Waals surface area contributed by atoms with Gasteiger partial charge < -0.3 is 10.1 Å². The summed E-state index contributed by atoms with van der Waals surface area (Å²) in [5.41, 5.74) is 1.99. The molecule has 0 bridgehead atoms. The summed E-state index contributed by atoms with van der Waals surface area (Å²) in [4.78, 5) is 16.8. The van der Waals surface area contributed by atoms with Crippen LogP contribution in [0.4, 0.5) is 5.69 Å². The molecular weight excluding hydrogens is 348 g/mol. The predicted octanol–water partition coefficient (Wildman–Crippen LogP) is 5.01. The average molecular weight is 367 g/mol. The van der Waals surface area contributed by atoms with E-state index in [9.17, 15) is 4.79 Å². The number of nitrogens with zero attached hydrogens (tertiary/aromatic N) is 1. The molecule has 1 aliphatic heterocycles. The molecule has 2 aromatic rings. The zero-order valence-corrected chi connectivity index (χ0v) is 15.1. The summed E-state index contributed by atoms with van der Waals surface area (Å²) >= 11 is 6.08. The van der Waals surface area contributed by atoms with Crippen molar-refractivity contribution in [2.75, 3.05) is 12.4 Å². The molecule has 1 atom stereocenters. The molecule has 0 radical (unpaired) electrons. The number of carbonyl (C=O) groups excluding carboxylic acids is 1. The van der Waals surface area contributed by atoms with E-state index >= 15 is 0 Å². The predicted molar refractivity (Wildman–Crippen MR) is 107 cm³/mol. The third-order valence-electron chi connectivity index (χ3n) is 3.98. The minimum Gasteiger partial charge on any atom is -0.495 e. The lowest BCUT2D eigenvalue weighted by molar-refractivity contribution is 0.102. The van der Waals surface area contributed by atoms with Crippen LogP contribution in [0.5, 0.6) is 5.75 Å². The number of amides is 1. The number of allylic oxidation sites excluding steroid dienone is 1. The molecule has 0 saturated carbocycles. The van der Waals surface area contributed by atoms with Crippen LogP contribution in [0.25, 0.3) is 6.08 Å². The van der Waals surface area contributed by atoms with E-state index in [0.29, 0.717) is 22.0 Å². The molecule has 2 aromatic carbocycles. The van der Waals surface area contributed by atoms with Crippen LogP contribution >= 0.6 is 11.6 Å². The molecule has 5 heteroatoms. The first-order valence-corrected chi connectivity index (χ1v) is 8.65. The van der Waals surface area contributed by atoms with Gasteiger partial charge >= 0.3 is 0 Å². The van der Waals surface area contributed by atoms with Crippen LogP contribution in [0.1, 0.15) is 22.3 Å². The highest BCUT2D eigenvalue weighted by Gasteiger charge is 2.12. The Morgan fingerprint density at radius 3 is 2.88 bits per heavy atom. The number of nitrogens with one attached hydrogen (secondary N) is 1. The van der Waals surface area contributed by atoms with Gasteiger partial charge in [0, 0.05) is 6.21 Å². The van der Waals surface area contributed by atoms with Crippen molar-refractivity contribution in [2.45, 2.75) is 12.5 Å². The van der Waals surface area contributed by atoms with E-state index in [0.717, 1.165) is 12.0 Å². The largest absolute Gasteiger partial charge is 0.495 e. The number of carbonyl (C=O) groups is 1. The maximum Gasteiger partial charge on any atom is 0.257 e. The van der Waals surface area contributed by atoms with Crippen molar-refractivity contribution >= 4 is 35.5 Å². The van der Waals surface area contributed by atoms with Gasteiger partial charge in [0.25, 0.3) is 5.91 Å². The van der Waals surface area contributed by atoms with Crippen molar-refractivity contribution < 1.29 is 9.53 Å². The second kappa shape index (κ2) is 8.50. The van der Waals surface area contributed by atoms with Crippen molar-refractivity contribution in [3.8, 4) is 5.75 Å². The average Bonchev–Trinajstić information content (AvgIpc) is 2.68. The van der Waals surface area contributed by atoms with Gasteiger partial charge in [0.15, 0.2) is 0 Å². The molecule has 0 spiro atoms. The Morgan fingerprint density at radius 2 is 2.15 bits per heavy atom. The minimum absolute atomic E-state index is 0.158. The van der Waals surface area contributed by atoms with Gasteiger partial charge in [-0.15, -0.1) is 0 Å². The number of hydrogen-bond donors (Lipinski definition) is 1. The van der Waals surface area contributed by atoms with Crippen LogP contribution in [-0.2, 0) is 0 Å². The van der Waals surface area contributed by atoms with Crippen LogP contribution < -0.4 is 10.1 Å². The summed E-state index contributed by atoms with van der Waals surface area (Å²) in [6.07, 6.45) is 10.8. The maximum atomic E-state index is 12.4. The van der Waals surface area contributed by atoms with Crippen LogP contribution in [-0.4, -0.2) is 25.3 Å². The number of methoxy groups -OCH3 is 1. The van der Waals surface area contributed by atoms with E-state index in [1.165, 1.54) is 0 Å². The van der Waals surface area contributed by atoms with Gasteiger partial charge in [0.1, 0.15) is 5.75 Å². The smallest absolute Gasteiger partial charge is 0.257 e. The molecule has 1 heterocycles. The third-order valence-corrected chi connectivity index (χ3v) is 4.31. The maximum absolute atomic E-state index is 12.4. The van der Waals surface area contributed by atoms with Crippen LogP contribution in [0.3, 0.4) is 0 Å². The molecule has 132 valence electrons. The second-order valence-corrected chi connectivity index (χ2v) is 6.19. The number of rotatable bonds is 5. The Hall–Kier alpha value is -2.85. The van der Waals surface area contributed by atoms with Gasteiger partial charge in [-0.25, -0.2) is 0 Å². The first-order valence-electron chi connectivity index (χ1n) is 8.28. The number of halogens is 1. The van der Waals surface area contributed by atoms with Crippen LogP contribution in [0.2, 0.25) is 5.02 Å². The third kappa shape index (κ3) is 4.41. The summed E-state index contributed by atoms with van der Waals surface area (Å²) in [5.74, 6) is 0.306. The number of benzene rings is 2. The van der Waals surface area contributed by atoms with E-state index in [1.807, 2.05) is 36.6 Å². The molecule has 3 rings (SSSR count). The zero-order chi connectivity index (χ0) is 18.4. The van der Waals surface area contributed by atoms with Gasteiger partial charge in [-0.1, -0.05) is 48.0 Å². The van der Waals surface area contributed by atoms with Gasteiger partial charge in [-0.3, -0.25) is 9.79 Å². The normalized spacial score (nSPS) is 16.0. The Labute approximate surface area is 157 Å². The van der Waals surface area contributed by atoms with Crippen molar-refractivity contribution in [1.82, 2.24) is 0 Å². The highest BCUT2D eigenvalue weighted by Crippen LogP contribution is 2.27. The zero-order valence-electron chi connectivity index (χ0n) is 14.4. The molecule has 0 saturated heterocycles. The number of dihydropyridines is 1. The Balaban J connectivity index is 1.75. The summed E-state index contributed by atoms with van der Waals surface area (Å²) in [6, 6.07) is 12.7. The van der Waals surface area contributed by atoms with E-state index in [1.54, 1.807) is 31.4 Å². The summed E-state index contributed by atoms with van der Waals surface area (Å²) in [7, 11) is 1.57. The van der Waals surface area contributed by atoms with Crippen molar-refractivity contribution in [1.29, 1.82) is 0 Å². The molecule has 1 amide bonds.